The lowest BCUT2D eigenvalue weighted by molar-refractivity contribution is 0.327. The summed E-state index contributed by atoms with van der Waals surface area (Å²) in [6.45, 7) is 7.72. The molecule has 0 radical (unpaired) electrons. The molecule has 2 nitrogen and oxygen atoms in total. The van der Waals surface area contributed by atoms with Crippen molar-refractivity contribution in [3.8, 4) is 0 Å². The molecule has 1 saturated heterocycles. The molecular formula is C14H21ClN2. The fourth-order valence-electron chi connectivity index (χ4n) is 2.64. The van der Waals surface area contributed by atoms with Crippen LogP contribution in [0.25, 0.3) is 0 Å². The van der Waals surface area contributed by atoms with E-state index in [-0.39, 0.29) is 0 Å². The summed E-state index contributed by atoms with van der Waals surface area (Å²) in [5.41, 5.74) is 1.18. The van der Waals surface area contributed by atoms with Gasteiger partial charge < -0.3 is 10.2 Å². The monoisotopic (exact) mass is 252 g/mol. The highest BCUT2D eigenvalue weighted by atomic mass is 35.5. The largest absolute Gasteiger partial charge is 0.370 e. The van der Waals surface area contributed by atoms with E-state index in [1.807, 2.05) is 12.1 Å². The first-order valence-corrected chi connectivity index (χ1v) is 6.83. The van der Waals surface area contributed by atoms with E-state index in [2.05, 4.69) is 36.2 Å². The number of nitrogens with one attached hydrogen (secondary N) is 1. The van der Waals surface area contributed by atoms with Gasteiger partial charge in [-0.2, -0.15) is 0 Å². The van der Waals surface area contributed by atoms with Crippen molar-refractivity contribution in [3.63, 3.8) is 0 Å². The first kappa shape index (κ1) is 12.7. The Balaban J connectivity index is 2.04. The molecular weight excluding hydrogens is 232 g/mol. The fourth-order valence-corrected chi connectivity index (χ4v) is 2.89. The summed E-state index contributed by atoms with van der Waals surface area (Å²) in [5, 5.41) is 4.42. The second-order valence-corrected chi connectivity index (χ2v) is 5.23. The van der Waals surface area contributed by atoms with Crippen molar-refractivity contribution in [2.45, 2.75) is 26.3 Å². The zero-order valence-electron chi connectivity index (χ0n) is 10.6. The van der Waals surface area contributed by atoms with E-state index in [0.717, 1.165) is 24.7 Å². The molecule has 1 N–H and O–H groups in total. The third kappa shape index (κ3) is 2.93. The number of halogens is 1. The minimum Gasteiger partial charge on any atom is -0.370 e. The van der Waals surface area contributed by atoms with Gasteiger partial charge in [-0.05, 0) is 31.0 Å². The van der Waals surface area contributed by atoms with Gasteiger partial charge in [0.2, 0.25) is 0 Å². The van der Waals surface area contributed by atoms with Gasteiger partial charge in [-0.15, -0.1) is 0 Å². The summed E-state index contributed by atoms with van der Waals surface area (Å²) >= 11 is 6.25. The third-order valence-corrected chi connectivity index (χ3v) is 3.88. The predicted octanol–water partition coefficient (Wildman–Crippen LogP) is 3.16. The Morgan fingerprint density at radius 1 is 1.41 bits per heavy atom. The van der Waals surface area contributed by atoms with Crippen molar-refractivity contribution in [1.29, 1.82) is 0 Å². The molecule has 0 aromatic heterocycles. The molecule has 1 aliphatic rings. The Morgan fingerprint density at radius 2 is 2.18 bits per heavy atom. The molecule has 1 heterocycles. The van der Waals surface area contributed by atoms with Crippen LogP contribution in [-0.4, -0.2) is 25.7 Å². The number of piperidine rings is 1. The van der Waals surface area contributed by atoms with Crippen molar-refractivity contribution in [2.75, 3.05) is 24.5 Å². The average molecular weight is 253 g/mol. The molecule has 0 amide bonds. The first-order valence-electron chi connectivity index (χ1n) is 6.45. The molecule has 2 unspecified atom stereocenters. The summed E-state index contributed by atoms with van der Waals surface area (Å²) in [7, 11) is 0. The fraction of sp³-hybridized carbons (Fsp3) is 0.571. The lowest BCUT2D eigenvalue weighted by Gasteiger charge is -2.39. The number of nitrogens with zero attached hydrogens (tertiary/aromatic N) is 1. The van der Waals surface area contributed by atoms with Crippen molar-refractivity contribution < 1.29 is 0 Å². The van der Waals surface area contributed by atoms with Crippen LogP contribution in [0.3, 0.4) is 0 Å². The van der Waals surface area contributed by atoms with Crippen molar-refractivity contribution >= 4 is 17.3 Å². The number of benzene rings is 1. The normalized spacial score (nSPS) is 25.0. The molecule has 1 aromatic rings. The number of anilines is 1. The van der Waals surface area contributed by atoms with E-state index in [4.69, 9.17) is 11.6 Å². The van der Waals surface area contributed by atoms with Crippen molar-refractivity contribution in [1.82, 2.24) is 5.32 Å². The Labute approximate surface area is 109 Å². The highest BCUT2D eigenvalue weighted by Gasteiger charge is 2.26. The summed E-state index contributed by atoms with van der Waals surface area (Å²) < 4.78 is 0. The highest BCUT2D eigenvalue weighted by molar-refractivity contribution is 6.33. The van der Waals surface area contributed by atoms with Crippen LogP contribution in [0.2, 0.25) is 5.02 Å². The maximum Gasteiger partial charge on any atom is 0.0639 e. The van der Waals surface area contributed by atoms with Gasteiger partial charge in [0.15, 0.2) is 0 Å². The molecule has 1 aromatic carbocycles. The number of hydrogen-bond acceptors (Lipinski definition) is 2. The minimum atomic E-state index is 0.652. The predicted molar refractivity (Wildman–Crippen MR) is 74.9 cm³/mol. The van der Waals surface area contributed by atoms with Crippen molar-refractivity contribution in [2.24, 2.45) is 5.92 Å². The zero-order chi connectivity index (χ0) is 12.3. The Bertz CT molecular complexity index is 367. The average Bonchev–Trinajstić information content (AvgIpc) is 2.33. The van der Waals surface area contributed by atoms with Crippen LogP contribution >= 0.6 is 11.6 Å². The second-order valence-electron chi connectivity index (χ2n) is 4.83. The summed E-state index contributed by atoms with van der Waals surface area (Å²) in [6.07, 6.45) is 1.19. The highest BCUT2D eigenvalue weighted by Crippen LogP contribution is 2.29. The van der Waals surface area contributed by atoms with Gasteiger partial charge in [-0.3, -0.25) is 0 Å². The molecule has 0 bridgehead atoms. The maximum atomic E-state index is 6.25. The zero-order valence-corrected chi connectivity index (χ0v) is 11.4. The van der Waals surface area contributed by atoms with Crippen LogP contribution < -0.4 is 10.2 Å². The van der Waals surface area contributed by atoms with Gasteiger partial charge in [0, 0.05) is 19.1 Å². The van der Waals surface area contributed by atoms with Crippen LogP contribution in [-0.2, 0) is 0 Å². The van der Waals surface area contributed by atoms with E-state index in [9.17, 15) is 0 Å². The van der Waals surface area contributed by atoms with Gasteiger partial charge in [-0.1, -0.05) is 37.6 Å². The van der Waals surface area contributed by atoms with E-state index in [0.29, 0.717) is 12.0 Å². The standard InChI is InChI=1S/C14H21ClN2/c1-3-16-13-8-9-17(10-11(13)2)14-7-5-4-6-12(14)15/h4-7,11,13,16H,3,8-10H2,1-2H3. The van der Waals surface area contributed by atoms with Gasteiger partial charge in [0.25, 0.3) is 0 Å². The molecule has 0 saturated carbocycles. The van der Waals surface area contributed by atoms with Gasteiger partial charge >= 0.3 is 0 Å². The molecule has 3 heteroatoms. The van der Waals surface area contributed by atoms with Crippen LogP contribution in [0.1, 0.15) is 20.3 Å². The van der Waals surface area contributed by atoms with Crippen LogP contribution in [0.5, 0.6) is 0 Å². The van der Waals surface area contributed by atoms with Gasteiger partial charge in [0.1, 0.15) is 0 Å². The molecule has 2 atom stereocenters. The molecule has 0 spiro atoms. The van der Waals surface area contributed by atoms with Gasteiger partial charge in [0.05, 0.1) is 10.7 Å². The van der Waals surface area contributed by atoms with E-state index in [1.54, 1.807) is 0 Å². The van der Waals surface area contributed by atoms with E-state index < -0.39 is 0 Å². The number of rotatable bonds is 3. The first-order chi connectivity index (χ1) is 8.22. The third-order valence-electron chi connectivity index (χ3n) is 3.56. The van der Waals surface area contributed by atoms with E-state index in [1.165, 1.54) is 12.1 Å². The van der Waals surface area contributed by atoms with Gasteiger partial charge in [-0.25, -0.2) is 0 Å². The molecule has 1 fully saturated rings. The van der Waals surface area contributed by atoms with Crippen LogP contribution in [0.4, 0.5) is 5.69 Å². The molecule has 0 aliphatic carbocycles. The Morgan fingerprint density at radius 3 is 2.82 bits per heavy atom. The quantitative estimate of drug-likeness (QED) is 0.889. The summed E-state index contributed by atoms with van der Waals surface area (Å²) in [5.74, 6) is 0.667. The van der Waals surface area contributed by atoms with E-state index >= 15 is 0 Å². The SMILES string of the molecule is CCNC1CCN(c2ccccc2Cl)CC1C. The number of hydrogen-bond donors (Lipinski definition) is 1. The lowest BCUT2D eigenvalue weighted by Crippen LogP contribution is -2.48. The summed E-state index contributed by atoms with van der Waals surface area (Å²) in [4.78, 5) is 2.40. The smallest absolute Gasteiger partial charge is 0.0639 e. The second kappa shape index (κ2) is 5.74. The van der Waals surface area contributed by atoms with Crippen LogP contribution in [0, 0.1) is 5.92 Å². The molecule has 2 rings (SSSR count). The Hall–Kier alpha value is -0.730. The minimum absolute atomic E-state index is 0.652. The lowest BCUT2D eigenvalue weighted by atomic mass is 9.93. The summed E-state index contributed by atoms with van der Waals surface area (Å²) in [6, 6.07) is 8.78. The molecule has 17 heavy (non-hydrogen) atoms. The number of para-hydroxylation sites is 1. The molecule has 94 valence electrons. The van der Waals surface area contributed by atoms with Crippen molar-refractivity contribution in [3.05, 3.63) is 29.3 Å². The topological polar surface area (TPSA) is 15.3 Å². The Kier molecular flexibility index (Phi) is 4.30. The maximum absolute atomic E-state index is 6.25. The molecule has 1 aliphatic heterocycles. The van der Waals surface area contributed by atoms with Crippen LogP contribution in [0.15, 0.2) is 24.3 Å².